The van der Waals surface area contributed by atoms with E-state index >= 15 is 0 Å². The lowest BCUT2D eigenvalue weighted by Gasteiger charge is -2.15. The predicted octanol–water partition coefficient (Wildman–Crippen LogP) is 4.34. The van der Waals surface area contributed by atoms with Gasteiger partial charge < -0.3 is 9.47 Å². The average molecular weight is 438 g/mol. The Balaban J connectivity index is 1.85. The van der Waals surface area contributed by atoms with E-state index in [1.54, 1.807) is 38.1 Å². The highest BCUT2D eigenvalue weighted by molar-refractivity contribution is 7.99. The van der Waals surface area contributed by atoms with Crippen LogP contribution in [0.2, 0.25) is 0 Å². The van der Waals surface area contributed by atoms with E-state index in [1.165, 1.54) is 12.1 Å². The molecule has 6 nitrogen and oxygen atoms in total. The van der Waals surface area contributed by atoms with Gasteiger partial charge in [-0.2, -0.15) is 9.25 Å². The van der Waals surface area contributed by atoms with Crippen LogP contribution in [0.1, 0.15) is 12.1 Å². The summed E-state index contributed by atoms with van der Waals surface area (Å²) in [5.74, 6) is 2.66. The molecule has 0 unspecified atom stereocenters. The number of pyridine rings is 1. The van der Waals surface area contributed by atoms with Crippen LogP contribution in [0.3, 0.4) is 0 Å². The Kier molecular flexibility index (Phi) is 5.02. The summed E-state index contributed by atoms with van der Waals surface area (Å²) in [5.41, 5.74) is 2.71. The summed E-state index contributed by atoms with van der Waals surface area (Å²) in [5, 5.41) is 7.64. The van der Waals surface area contributed by atoms with Crippen LogP contribution in [-0.2, 0) is 6.54 Å². The van der Waals surface area contributed by atoms with Crippen LogP contribution in [0, 0.1) is 12.7 Å². The SMILES string of the molecule is COc1cc2cc(C)[n+](-c3nc4n(n3)CCCS4)c(-c3ccc(F)cc3)c2cc1OC. The lowest BCUT2D eigenvalue weighted by atomic mass is 10.0. The summed E-state index contributed by atoms with van der Waals surface area (Å²) in [6.45, 7) is 2.88. The third kappa shape index (κ3) is 3.40. The molecule has 3 heterocycles. The molecule has 158 valence electrons. The van der Waals surface area contributed by atoms with Gasteiger partial charge >= 0.3 is 5.95 Å². The molecule has 0 saturated heterocycles. The van der Waals surface area contributed by atoms with Crippen LogP contribution >= 0.6 is 11.8 Å². The monoisotopic (exact) mass is 437 g/mol. The first-order valence-electron chi connectivity index (χ1n) is 10.0. The van der Waals surface area contributed by atoms with Gasteiger partial charge in [-0.1, -0.05) is 11.8 Å². The number of thioether (sulfide) groups is 1. The minimum atomic E-state index is -0.279. The van der Waals surface area contributed by atoms with Gasteiger partial charge in [-0.25, -0.2) is 4.39 Å². The van der Waals surface area contributed by atoms with Gasteiger partial charge in [0, 0.05) is 21.8 Å². The Hall–Kier alpha value is -3.13. The van der Waals surface area contributed by atoms with Gasteiger partial charge in [0.05, 0.1) is 26.5 Å². The highest BCUT2D eigenvalue weighted by atomic mass is 32.2. The maximum Gasteiger partial charge on any atom is 0.461 e. The van der Waals surface area contributed by atoms with Gasteiger partial charge in [-0.05, 0) is 66.2 Å². The summed E-state index contributed by atoms with van der Waals surface area (Å²) in [6, 6.07) is 12.5. The summed E-state index contributed by atoms with van der Waals surface area (Å²) >= 11 is 1.72. The van der Waals surface area contributed by atoms with Gasteiger partial charge in [0.1, 0.15) is 11.5 Å². The van der Waals surface area contributed by atoms with E-state index in [4.69, 9.17) is 19.6 Å². The van der Waals surface area contributed by atoms with Crippen molar-refractivity contribution >= 4 is 22.5 Å². The number of aryl methyl sites for hydroxylation is 2. The Morgan fingerprint density at radius 1 is 1.06 bits per heavy atom. The van der Waals surface area contributed by atoms with Crippen LogP contribution in [0.25, 0.3) is 28.0 Å². The van der Waals surface area contributed by atoms with Crippen molar-refractivity contribution in [1.82, 2.24) is 14.8 Å². The van der Waals surface area contributed by atoms with E-state index in [1.807, 2.05) is 28.3 Å². The number of halogens is 1. The number of benzene rings is 2. The van der Waals surface area contributed by atoms with Crippen molar-refractivity contribution in [3.63, 3.8) is 0 Å². The third-order valence-corrected chi connectivity index (χ3v) is 6.49. The summed E-state index contributed by atoms with van der Waals surface area (Å²) in [4.78, 5) is 4.82. The molecule has 0 N–H and O–H groups in total. The summed E-state index contributed by atoms with van der Waals surface area (Å²) in [6.07, 6.45) is 1.07. The molecule has 0 radical (unpaired) electrons. The number of nitrogens with zero attached hydrogens (tertiary/aromatic N) is 4. The highest BCUT2D eigenvalue weighted by Crippen LogP contribution is 2.36. The van der Waals surface area contributed by atoms with E-state index < -0.39 is 0 Å². The van der Waals surface area contributed by atoms with Crippen molar-refractivity contribution < 1.29 is 18.4 Å². The Bertz CT molecular complexity index is 1260. The Labute approximate surface area is 183 Å². The van der Waals surface area contributed by atoms with Crippen molar-refractivity contribution in [2.45, 2.75) is 25.0 Å². The van der Waals surface area contributed by atoms with Crippen molar-refractivity contribution in [1.29, 1.82) is 0 Å². The topological polar surface area (TPSA) is 53.0 Å². The molecular formula is C23H22FN4O2S+. The molecule has 5 rings (SSSR count). The third-order valence-electron chi connectivity index (χ3n) is 5.44. The molecule has 0 bridgehead atoms. The quantitative estimate of drug-likeness (QED) is 0.445. The molecular weight excluding hydrogens is 415 g/mol. The number of methoxy groups -OCH3 is 2. The molecule has 0 atom stereocenters. The fourth-order valence-electron chi connectivity index (χ4n) is 4.00. The molecule has 8 heteroatoms. The second kappa shape index (κ2) is 7.85. The summed E-state index contributed by atoms with van der Waals surface area (Å²) < 4.78 is 28.8. The zero-order valence-electron chi connectivity index (χ0n) is 17.6. The second-order valence-corrected chi connectivity index (χ2v) is 8.45. The highest BCUT2D eigenvalue weighted by Gasteiger charge is 2.29. The number of rotatable bonds is 4. The van der Waals surface area contributed by atoms with Crippen LogP contribution in [-0.4, -0.2) is 34.7 Å². The molecule has 0 amide bonds. The van der Waals surface area contributed by atoms with Gasteiger partial charge in [0.15, 0.2) is 11.5 Å². The molecule has 2 aromatic heterocycles. The van der Waals surface area contributed by atoms with Crippen molar-refractivity contribution in [2.75, 3.05) is 20.0 Å². The average Bonchev–Trinajstić information content (AvgIpc) is 3.21. The molecule has 1 aliphatic heterocycles. The fraction of sp³-hybridized carbons (Fsp3) is 0.261. The standard InChI is InChI=1S/C23H22FN4O2S/c1-14-11-16-12-19(29-2)20(30-3)13-18(16)21(15-5-7-17(24)8-6-15)28(14)22-25-23-27(26-22)9-4-10-31-23/h5-8,11-13H,4,9-10H2,1-3H3/q+1. The molecule has 2 aromatic carbocycles. The number of hydrogen-bond donors (Lipinski definition) is 0. The maximum atomic E-state index is 13.7. The van der Waals surface area contributed by atoms with Crippen molar-refractivity contribution in [2.24, 2.45) is 0 Å². The second-order valence-electron chi connectivity index (χ2n) is 7.39. The van der Waals surface area contributed by atoms with Gasteiger partial charge in [0.2, 0.25) is 0 Å². The largest absolute Gasteiger partial charge is 0.493 e. The number of aromatic nitrogens is 4. The van der Waals surface area contributed by atoms with Crippen LogP contribution < -0.4 is 14.0 Å². The number of ether oxygens (including phenoxy) is 2. The van der Waals surface area contributed by atoms with Crippen LogP contribution in [0.15, 0.2) is 47.6 Å². The molecule has 0 saturated carbocycles. The first kappa shape index (κ1) is 19.8. The molecule has 0 spiro atoms. The number of fused-ring (bicyclic) bond motifs is 2. The van der Waals surface area contributed by atoms with Gasteiger partial charge in [-0.15, -0.1) is 0 Å². The zero-order chi connectivity index (χ0) is 21.5. The first-order valence-corrected chi connectivity index (χ1v) is 11.0. The molecule has 0 aliphatic carbocycles. The maximum absolute atomic E-state index is 13.7. The van der Waals surface area contributed by atoms with Crippen molar-refractivity contribution in [3.8, 4) is 28.7 Å². The Morgan fingerprint density at radius 3 is 2.52 bits per heavy atom. The van der Waals surface area contributed by atoms with Gasteiger partial charge in [-0.3, -0.25) is 0 Å². The Morgan fingerprint density at radius 2 is 1.81 bits per heavy atom. The molecule has 31 heavy (non-hydrogen) atoms. The normalized spacial score (nSPS) is 13.3. The fourth-order valence-corrected chi connectivity index (χ4v) is 4.88. The van der Waals surface area contributed by atoms with E-state index in [9.17, 15) is 4.39 Å². The lowest BCUT2D eigenvalue weighted by Crippen LogP contribution is -2.38. The molecule has 0 fully saturated rings. The van der Waals surface area contributed by atoms with E-state index in [-0.39, 0.29) is 5.82 Å². The molecule has 4 aromatic rings. The van der Waals surface area contributed by atoms with Gasteiger partial charge in [0.25, 0.3) is 5.16 Å². The molecule has 1 aliphatic rings. The number of hydrogen-bond acceptors (Lipinski definition) is 5. The first-order chi connectivity index (χ1) is 15.1. The summed E-state index contributed by atoms with van der Waals surface area (Å²) in [7, 11) is 3.24. The predicted molar refractivity (Wildman–Crippen MR) is 118 cm³/mol. The smallest absolute Gasteiger partial charge is 0.461 e. The minimum Gasteiger partial charge on any atom is -0.493 e. The van der Waals surface area contributed by atoms with Crippen LogP contribution in [0.5, 0.6) is 11.5 Å². The van der Waals surface area contributed by atoms with E-state index in [0.717, 1.165) is 51.6 Å². The zero-order valence-corrected chi connectivity index (χ0v) is 18.4. The minimum absolute atomic E-state index is 0.279. The van der Waals surface area contributed by atoms with Crippen LogP contribution in [0.4, 0.5) is 4.39 Å². The van der Waals surface area contributed by atoms with Crippen molar-refractivity contribution in [3.05, 3.63) is 54.0 Å². The van der Waals surface area contributed by atoms with E-state index in [0.29, 0.717) is 17.4 Å². The lowest BCUT2D eigenvalue weighted by molar-refractivity contribution is -0.597. The van der Waals surface area contributed by atoms with E-state index in [2.05, 4.69) is 6.07 Å².